The molecule has 4 rings (SSSR count). The minimum absolute atomic E-state index is 0.0222. The number of ether oxygens (including phenoxy) is 3. The molecule has 3 aromatic rings. The second-order valence-corrected chi connectivity index (χ2v) is 7.05. The van der Waals surface area contributed by atoms with E-state index < -0.39 is 18.0 Å². The first-order valence-corrected chi connectivity index (χ1v) is 10.2. The van der Waals surface area contributed by atoms with Crippen LogP contribution in [-0.2, 0) is 25.5 Å². The number of carbonyl (C=O) groups excluding carboxylic acids is 2. The fourth-order valence-corrected chi connectivity index (χ4v) is 3.49. The summed E-state index contributed by atoms with van der Waals surface area (Å²) >= 11 is 0. The Morgan fingerprint density at radius 3 is 2.65 bits per heavy atom. The first-order valence-electron chi connectivity index (χ1n) is 10.2. The maximum absolute atomic E-state index is 13.2. The van der Waals surface area contributed by atoms with Crippen LogP contribution in [0.5, 0.6) is 5.75 Å². The summed E-state index contributed by atoms with van der Waals surface area (Å²) in [6.45, 7) is 2.69. The maximum atomic E-state index is 13.2. The monoisotopic (exact) mass is 422 g/mol. The van der Waals surface area contributed by atoms with Crippen LogP contribution >= 0.6 is 0 Å². The number of aromatic nitrogens is 2. The van der Waals surface area contributed by atoms with E-state index in [1.807, 2.05) is 6.92 Å². The lowest BCUT2D eigenvalue weighted by Crippen LogP contribution is -2.26. The average molecular weight is 422 g/mol. The zero-order chi connectivity index (χ0) is 21.8. The predicted molar refractivity (Wildman–Crippen MR) is 112 cm³/mol. The van der Waals surface area contributed by atoms with E-state index in [2.05, 4.69) is 4.98 Å². The highest BCUT2D eigenvalue weighted by Crippen LogP contribution is 2.18. The van der Waals surface area contributed by atoms with E-state index in [4.69, 9.17) is 14.2 Å². The quantitative estimate of drug-likeness (QED) is 0.540. The Morgan fingerprint density at radius 1 is 1.16 bits per heavy atom. The molecule has 0 N–H and O–H groups in total. The fourth-order valence-electron chi connectivity index (χ4n) is 3.49. The number of fused-ring (bicyclic) bond motifs is 1. The second kappa shape index (κ2) is 8.99. The van der Waals surface area contributed by atoms with E-state index in [0.29, 0.717) is 41.2 Å². The Bertz CT molecular complexity index is 1170. The predicted octanol–water partition coefficient (Wildman–Crippen LogP) is 2.58. The van der Waals surface area contributed by atoms with Crippen molar-refractivity contribution in [1.82, 2.24) is 9.55 Å². The molecule has 0 unspecified atom stereocenters. The molecular formula is C23H22N2O6. The van der Waals surface area contributed by atoms with Crippen LogP contribution in [0.1, 0.15) is 25.6 Å². The summed E-state index contributed by atoms with van der Waals surface area (Å²) in [4.78, 5) is 41.7. The van der Waals surface area contributed by atoms with Gasteiger partial charge < -0.3 is 14.2 Å². The van der Waals surface area contributed by atoms with E-state index >= 15 is 0 Å². The number of nitrogens with zero attached hydrogens (tertiary/aromatic N) is 2. The van der Waals surface area contributed by atoms with Gasteiger partial charge in [0.05, 0.1) is 36.2 Å². The van der Waals surface area contributed by atoms with Crippen LogP contribution in [0.2, 0.25) is 0 Å². The Morgan fingerprint density at radius 2 is 1.94 bits per heavy atom. The molecule has 0 bridgehead atoms. The van der Waals surface area contributed by atoms with Crippen molar-refractivity contribution in [3.8, 4) is 11.4 Å². The van der Waals surface area contributed by atoms with Gasteiger partial charge in [-0.2, -0.15) is 0 Å². The maximum Gasteiger partial charge on any atom is 0.347 e. The van der Waals surface area contributed by atoms with Crippen LogP contribution in [0.25, 0.3) is 16.6 Å². The highest BCUT2D eigenvalue weighted by molar-refractivity contribution is 5.81. The van der Waals surface area contributed by atoms with Crippen molar-refractivity contribution in [2.24, 2.45) is 0 Å². The van der Waals surface area contributed by atoms with Crippen LogP contribution in [0.15, 0.2) is 53.3 Å². The summed E-state index contributed by atoms with van der Waals surface area (Å²) < 4.78 is 17.0. The molecule has 0 radical (unpaired) electrons. The van der Waals surface area contributed by atoms with E-state index in [1.165, 1.54) is 4.57 Å². The highest BCUT2D eigenvalue weighted by atomic mass is 16.6. The molecule has 1 aliphatic heterocycles. The van der Waals surface area contributed by atoms with Crippen LogP contribution in [0.3, 0.4) is 0 Å². The Labute approximate surface area is 178 Å². The number of para-hydroxylation sites is 1. The molecule has 0 amide bonds. The third kappa shape index (κ3) is 4.42. The van der Waals surface area contributed by atoms with Gasteiger partial charge in [-0.05, 0) is 43.3 Å². The van der Waals surface area contributed by atoms with Gasteiger partial charge in [0.2, 0.25) is 6.10 Å². The summed E-state index contributed by atoms with van der Waals surface area (Å²) in [5.41, 5.74) is 0.948. The molecule has 8 nitrogen and oxygen atoms in total. The van der Waals surface area contributed by atoms with Gasteiger partial charge in [0.1, 0.15) is 11.6 Å². The summed E-state index contributed by atoms with van der Waals surface area (Å²) in [5.74, 6) is 0.0633. The number of benzene rings is 2. The third-order valence-electron chi connectivity index (χ3n) is 4.96. The average Bonchev–Trinajstić information content (AvgIpc) is 3.18. The van der Waals surface area contributed by atoms with Crippen molar-refractivity contribution in [1.29, 1.82) is 0 Å². The molecule has 0 aliphatic carbocycles. The number of aryl methyl sites for hydroxylation is 1. The van der Waals surface area contributed by atoms with Gasteiger partial charge >= 0.3 is 11.9 Å². The zero-order valence-corrected chi connectivity index (χ0v) is 17.1. The Hall–Kier alpha value is -3.68. The number of hydrogen-bond donors (Lipinski definition) is 0. The van der Waals surface area contributed by atoms with E-state index in [9.17, 15) is 14.4 Å². The minimum Gasteiger partial charge on any atom is -0.494 e. The largest absolute Gasteiger partial charge is 0.494 e. The number of hydrogen-bond acceptors (Lipinski definition) is 7. The molecule has 1 fully saturated rings. The molecular weight excluding hydrogens is 400 g/mol. The molecule has 31 heavy (non-hydrogen) atoms. The van der Waals surface area contributed by atoms with Crippen molar-refractivity contribution < 1.29 is 23.8 Å². The van der Waals surface area contributed by atoms with E-state index in [-0.39, 0.29) is 25.0 Å². The lowest BCUT2D eigenvalue weighted by molar-refractivity contribution is -0.160. The third-order valence-corrected chi connectivity index (χ3v) is 4.96. The van der Waals surface area contributed by atoms with Crippen LogP contribution < -0.4 is 10.3 Å². The first kappa shape index (κ1) is 20.6. The molecule has 160 valence electrons. The fraction of sp³-hybridized carbons (Fsp3) is 0.304. The summed E-state index contributed by atoms with van der Waals surface area (Å²) in [7, 11) is 0. The molecule has 8 heteroatoms. The lowest BCUT2D eigenvalue weighted by Gasteiger charge is -2.14. The van der Waals surface area contributed by atoms with Crippen molar-refractivity contribution in [3.63, 3.8) is 0 Å². The van der Waals surface area contributed by atoms with E-state index in [1.54, 1.807) is 48.5 Å². The molecule has 2 aromatic carbocycles. The minimum atomic E-state index is -0.856. The second-order valence-electron chi connectivity index (χ2n) is 7.05. The topological polar surface area (TPSA) is 96.7 Å². The van der Waals surface area contributed by atoms with Crippen LogP contribution in [-0.4, -0.2) is 40.8 Å². The van der Waals surface area contributed by atoms with Crippen molar-refractivity contribution in [2.45, 2.75) is 32.3 Å². The highest BCUT2D eigenvalue weighted by Gasteiger charge is 2.30. The van der Waals surface area contributed by atoms with Gasteiger partial charge in [0.25, 0.3) is 5.56 Å². The van der Waals surface area contributed by atoms with Crippen molar-refractivity contribution in [3.05, 3.63) is 64.7 Å². The number of cyclic esters (lactones) is 1. The molecule has 1 atom stereocenters. The van der Waals surface area contributed by atoms with Gasteiger partial charge in [-0.1, -0.05) is 12.1 Å². The lowest BCUT2D eigenvalue weighted by atomic mass is 10.2. The number of rotatable bonds is 7. The van der Waals surface area contributed by atoms with Crippen molar-refractivity contribution >= 4 is 22.8 Å². The van der Waals surface area contributed by atoms with Gasteiger partial charge in [-0.25, -0.2) is 9.78 Å². The Kier molecular flexibility index (Phi) is 5.97. The molecule has 0 spiro atoms. The van der Waals surface area contributed by atoms with Crippen LogP contribution in [0, 0.1) is 0 Å². The van der Waals surface area contributed by atoms with Gasteiger partial charge in [-0.15, -0.1) is 0 Å². The van der Waals surface area contributed by atoms with Gasteiger partial charge in [-0.3, -0.25) is 14.2 Å². The standard InChI is InChI=1S/C23H22N2O6/c1-2-29-16-9-7-15(8-10-16)25-20(24-18-6-4-3-5-17(18)22(25)27)11-12-21(26)31-19-13-14-30-23(19)28/h3-10,19H,2,11-14H2,1H3/t19-/m0/s1. The van der Waals surface area contributed by atoms with E-state index in [0.717, 1.165) is 0 Å². The summed E-state index contributed by atoms with van der Waals surface area (Å²) in [6.07, 6.45) is -0.347. The smallest absolute Gasteiger partial charge is 0.347 e. The molecule has 2 heterocycles. The first-order chi connectivity index (χ1) is 15.1. The zero-order valence-electron chi connectivity index (χ0n) is 17.1. The molecule has 1 saturated heterocycles. The number of carbonyl (C=O) groups is 2. The molecule has 1 aliphatic rings. The molecule has 1 aromatic heterocycles. The van der Waals surface area contributed by atoms with Gasteiger partial charge in [0, 0.05) is 12.8 Å². The summed E-state index contributed by atoms with van der Waals surface area (Å²) in [6, 6.07) is 14.2. The van der Waals surface area contributed by atoms with Gasteiger partial charge in [0.15, 0.2) is 0 Å². The Balaban J connectivity index is 1.64. The van der Waals surface area contributed by atoms with Crippen LogP contribution in [0.4, 0.5) is 0 Å². The normalized spacial score (nSPS) is 15.6. The van der Waals surface area contributed by atoms with Crippen molar-refractivity contribution in [2.75, 3.05) is 13.2 Å². The SMILES string of the molecule is CCOc1ccc(-n2c(CCC(=O)O[C@H]3CCOC3=O)nc3ccccc3c2=O)cc1. The molecule has 0 saturated carbocycles. The summed E-state index contributed by atoms with van der Waals surface area (Å²) in [5, 5.41) is 0.483. The number of esters is 2.